The van der Waals surface area contributed by atoms with Crippen molar-refractivity contribution in [1.82, 2.24) is 5.16 Å². The van der Waals surface area contributed by atoms with Gasteiger partial charge in [0.05, 0.1) is 30.6 Å². The molecule has 1 aliphatic rings. The molecule has 0 spiro atoms. The molecule has 4 rings (SSSR count). The minimum atomic E-state index is -0.495. The van der Waals surface area contributed by atoms with E-state index in [4.69, 9.17) is 14.0 Å². The molecule has 0 radical (unpaired) electrons. The minimum Gasteiger partial charge on any atom is -0.496 e. The summed E-state index contributed by atoms with van der Waals surface area (Å²) in [6, 6.07) is 13.4. The second-order valence-electron chi connectivity index (χ2n) is 7.56. The molecular formula is C23H24FN3O4. The number of rotatable bonds is 5. The maximum atomic E-state index is 14.8. The van der Waals surface area contributed by atoms with Crippen LogP contribution in [-0.4, -0.2) is 43.5 Å². The van der Waals surface area contributed by atoms with Gasteiger partial charge in [-0.3, -0.25) is 4.79 Å². The molecule has 2 aromatic carbocycles. The number of morpholine rings is 1. The van der Waals surface area contributed by atoms with Crippen molar-refractivity contribution in [3.8, 4) is 17.1 Å². The summed E-state index contributed by atoms with van der Waals surface area (Å²) >= 11 is 0. The summed E-state index contributed by atoms with van der Waals surface area (Å²) in [6.45, 7) is 5.15. The van der Waals surface area contributed by atoms with E-state index in [2.05, 4.69) is 10.5 Å². The zero-order valence-electron chi connectivity index (χ0n) is 17.6. The first kappa shape index (κ1) is 20.9. The van der Waals surface area contributed by atoms with Crippen LogP contribution < -0.4 is 15.0 Å². The molecule has 31 heavy (non-hydrogen) atoms. The lowest BCUT2D eigenvalue weighted by Gasteiger charge is -2.37. The molecule has 0 aliphatic carbocycles. The van der Waals surface area contributed by atoms with Crippen LogP contribution in [0.5, 0.6) is 5.75 Å². The number of nitrogens with one attached hydrogen (secondary N) is 1. The standard InChI is InChI=1S/C23H24FN3O4/c1-14-12-27(13-15(2)30-14)20-9-8-16(10-18(20)24)25-23(28)19-11-22(31-26-19)17-6-4-5-7-21(17)29-3/h4-11,14-15H,12-13H2,1-3H3,(H,25,28)/t14-,15-/m1/s1. The van der Waals surface area contributed by atoms with Gasteiger partial charge in [0.15, 0.2) is 11.5 Å². The van der Waals surface area contributed by atoms with Gasteiger partial charge in [-0.2, -0.15) is 0 Å². The Balaban J connectivity index is 1.48. The molecule has 1 aromatic heterocycles. The van der Waals surface area contributed by atoms with Gasteiger partial charge in [-0.25, -0.2) is 4.39 Å². The second-order valence-corrected chi connectivity index (χ2v) is 7.56. The third-order valence-electron chi connectivity index (χ3n) is 5.08. The van der Waals surface area contributed by atoms with Crippen LogP contribution >= 0.6 is 0 Å². The van der Waals surface area contributed by atoms with Crippen molar-refractivity contribution < 1.29 is 23.2 Å². The lowest BCUT2D eigenvalue weighted by molar-refractivity contribution is -0.00539. The number of methoxy groups -OCH3 is 1. The molecular weight excluding hydrogens is 401 g/mol. The molecule has 1 N–H and O–H groups in total. The van der Waals surface area contributed by atoms with Crippen LogP contribution in [0.4, 0.5) is 15.8 Å². The Bertz CT molecular complexity index is 1070. The number of halogens is 1. The van der Waals surface area contributed by atoms with E-state index >= 15 is 0 Å². The summed E-state index contributed by atoms with van der Waals surface area (Å²) in [5.41, 5.74) is 1.59. The highest BCUT2D eigenvalue weighted by Gasteiger charge is 2.24. The summed E-state index contributed by atoms with van der Waals surface area (Å²) < 4.78 is 31.1. The molecule has 0 unspecified atom stereocenters. The first-order valence-corrected chi connectivity index (χ1v) is 10.1. The second kappa shape index (κ2) is 8.77. The van der Waals surface area contributed by atoms with E-state index < -0.39 is 11.7 Å². The Kier molecular flexibility index (Phi) is 5.90. The number of carbonyl (C=O) groups excluding carboxylic acids is 1. The number of aromatic nitrogens is 1. The fourth-order valence-corrected chi connectivity index (χ4v) is 3.77. The highest BCUT2D eigenvalue weighted by molar-refractivity contribution is 6.03. The van der Waals surface area contributed by atoms with Gasteiger partial charge in [-0.1, -0.05) is 17.3 Å². The van der Waals surface area contributed by atoms with Crippen molar-refractivity contribution in [1.29, 1.82) is 0 Å². The largest absolute Gasteiger partial charge is 0.496 e. The fourth-order valence-electron chi connectivity index (χ4n) is 3.77. The van der Waals surface area contributed by atoms with E-state index in [1.165, 1.54) is 12.1 Å². The minimum absolute atomic E-state index is 0.0205. The van der Waals surface area contributed by atoms with Crippen molar-refractivity contribution in [2.75, 3.05) is 30.4 Å². The molecule has 1 saturated heterocycles. The van der Waals surface area contributed by atoms with Crippen LogP contribution in [-0.2, 0) is 4.74 Å². The van der Waals surface area contributed by atoms with Crippen molar-refractivity contribution >= 4 is 17.3 Å². The SMILES string of the molecule is COc1ccccc1-c1cc(C(=O)Nc2ccc(N3C[C@@H](C)O[C@H](C)C3)c(F)c2)no1. The van der Waals surface area contributed by atoms with Gasteiger partial charge in [0.25, 0.3) is 5.91 Å². The molecule has 1 aliphatic heterocycles. The number of anilines is 2. The van der Waals surface area contributed by atoms with Crippen LogP contribution in [0.25, 0.3) is 11.3 Å². The first-order valence-electron chi connectivity index (χ1n) is 10.1. The van der Waals surface area contributed by atoms with Gasteiger partial charge < -0.3 is 24.2 Å². The van der Waals surface area contributed by atoms with Crippen LogP contribution in [0.1, 0.15) is 24.3 Å². The van der Waals surface area contributed by atoms with E-state index in [0.29, 0.717) is 41.5 Å². The van der Waals surface area contributed by atoms with Gasteiger partial charge in [-0.15, -0.1) is 0 Å². The summed E-state index contributed by atoms with van der Waals surface area (Å²) in [4.78, 5) is 14.5. The van der Waals surface area contributed by atoms with E-state index in [9.17, 15) is 9.18 Å². The van der Waals surface area contributed by atoms with Gasteiger partial charge in [0, 0.05) is 24.8 Å². The molecule has 1 amide bonds. The molecule has 162 valence electrons. The van der Waals surface area contributed by atoms with Gasteiger partial charge >= 0.3 is 0 Å². The molecule has 0 bridgehead atoms. The third-order valence-corrected chi connectivity index (χ3v) is 5.08. The third kappa shape index (κ3) is 4.54. The van der Waals surface area contributed by atoms with E-state index in [-0.39, 0.29) is 17.9 Å². The number of hydrogen-bond donors (Lipinski definition) is 1. The lowest BCUT2D eigenvalue weighted by Crippen LogP contribution is -2.45. The summed E-state index contributed by atoms with van der Waals surface area (Å²) in [5, 5.41) is 6.50. The zero-order chi connectivity index (χ0) is 22.0. The summed E-state index contributed by atoms with van der Waals surface area (Å²) in [7, 11) is 1.55. The van der Waals surface area contributed by atoms with Crippen LogP contribution in [0, 0.1) is 5.82 Å². The Morgan fingerprint density at radius 2 is 1.90 bits per heavy atom. The molecule has 0 saturated carbocycles. The average molecular weight is 425 g/mol. The number of benzene rings is 2. The normalized spacial score (nSPS) is 18.6. The number of nitrogens with zero attached hydrogens (tertiary/aromatic N) is 2. The topological polar surface area (TPSA) is 76.8 Å². The predicted octanol–water partition coefficient (Wildman–Crippen LogP) is 4.36. The number of carbonyl (C=O) groups is 1. The number of ether oxygens (including phenoxy) is 2. The summed E-state index contributed by atoms with van der Waals surface area (Å²) in [5.74, 6) is 0.106. The van der Waals surface area contributed by atoms with Gasteiger partial charge in [0.1, 0.15) is 11.6 Å². The number of hydrogen-bond acceptors (Lipinski definition) is 6. The van der Waals surface area contributed by atoms with Crippen molar-refractivity contribution in [3.63, 3.8) is 0 Å². The smallest absolute Gasteiger partial charge is 0.277 e. The first-order chi connectivity index (χ1) is 14.9. The number of amides is 1. The molecule has 1 fully saturated rings. The van der Waals surface area contributed by atoms with Crippen LogP contribution in [0.3, 0.4) is 0 Å². The maximum absolute atomic E-state index is 14.8. The Morgan fingerprint density at radius 1 is 1.16 bits per heavy atom. The molecule has 3 aromatic rings. The lowest BCUT2D eigenvalue weighted by atomic mass is 10.1. The van der Waals surface area contributed by atoms with Crippen LogP contribution in [0.2, 0.25) is 0 Å². The average Bonchev–Trinajstić information content (AvgIpc) is 3.23. The highest BCUT2D eigenvalue weighted by Crippen LogP contribution is 2.30. The van der Waals surface area contributed by atoms with E-state index in [0.717, 1.165) is 0 Å². The van der Waals surface area contributed by atoms with E-state index in [1.807, 2.05) is 36.9 Å². The summed E-state index contributed by atoms with van der Waals surface area (Å²) in [6.07, 6.45) is 0.0410. The van der Waals surface area contributed by atoms with Crippen LogP contribution in [0.15, 0.2) is 53.1 Å². The zero-order valence-corrected chi connectivity index (χ0v) is 17.6. The Morgan fingerprint density at radius 3 is 2.61 bits per heavy atom. The molecule has 8 heteroatoms. The number of para-hydroxylation sites is 1. The van der Waals surface area contributed by atoms with Crippen molar-refractivity contribution in [2.24, 2.45) is 0 Å². The quantitative estimate of drug-likeness (QED) is 0.655. The van der Waals surface area contributed by atoms with E-state index in [1.54, 1.807) is 25.3 Å². The molecule has 7 nitrogen and oxygen atoms in total. The van der Waals surface area contributed by atoms with Gasteiger partial charge in [-0.05, 0) is 44.2 Å². The molecule has 2 heterocycles. The van der Waals surface area contributed by atoms with Gasteiger partial charge in [0.2, 0.25) is 0 Å². The fraction of sp³-hybridized carbons (Fsp3) is 0.304. The molecule has 2 atom stereocenters. The Hall–Kier alpha value is -3.39. The monoisotopic (exact) mass is 425 g/mol. The van der Waals surface area contributed by atoms with Crippen molar-refractivity contribution in [3.05, 3.63) is 60.0 Å². The van der Waals surface area contributed by atoms with Crippen molar-refractivity contribution in [2.45, 2.75) is 26.1 Å². The maximum Gasteiger partial charge on any atom is 0.277 e. The predicted molar refractivity (Wildman–Crippen MR) is 115 cm³/mol. The Labute approximate surface area is 179 Å². The highest BCUT2D eigenvalue weighted by atomic mass is 19.1.